The molecular formula is C25H28N4O4. The van der Waals surface area contributed by atoms with Crippen LogP contribution in [-0.4, -0.2) is 35.6 Å². The van der Waals surface area contributed by atoms with E-state index in [4.69, 9.17) is 9.47 Å². The smallest absolute Gasteiger partial charge is 0.227 e. The quantitative estimate of drug-likeness (QED) is 0.552. The summed E-state index contributed by atoms with van der Waals surface area (Å²) in [6.07, 6.45) is 4.83. The molecule has 2 N–H and O–H groups in total. The van der Waals surface area contributed by atoms with E-state index >= 15 is 0 Å². The first-order valence-electron chi connectivity index (χ1n) is 10.9. The first-order valence-corrected chi connectivity index (χ1v) is 10.9. The van der Waals surface area contributed by atoms with Crippen LogP contribution in [0.25, 0.3) is 0 Å². The summed E-state index contributed by atoms with van der Waals surface area (Å²) in [5.74, 6) is 1.49. The minimum absolute atomic E-state index is 0.0420. The Morgan fingerprint density at radius 3 is 2.61 bits per heavy atom. The summed E-state index contributed by atoms with van der Waals surface area (Å²) in [6, 6.07) is 12.8. The predicted octanol–water partition coefficient (Wildman–Crippen LogP) is 3.23. The maximum absolute atomic E-state index is 13.0. The van der Waals surface area contributed by atoms with E-state index in [0.29, 0.717) is 30.2 Å². The molecule has 8 heteroatoms. The number of amides is 2. The zero-order valence-corrected chi connectivity index (χ0v) is 19.0. The molecule has 0 spiro atoms. The zero-order valence-electron chi connectivity index (χ0n) is 19.0. The molecule has 0 aliphatic carbocycles. The van der Waals surface area contributed by atoms with Crippen molar-refractivity contribution in [3.8, 4) is 11.5 Å². The molecule has 2 heterocycles. The van der Waals surface area contributed by atoms with Gasteiger partial charge in [-0.25, -0.2) is 4.98 Å². The number of carbonyl (C=O) groups excluding carboxylic acids is 2. The molecule has 1 aliphatic rings. The highest BCUT2D eigenvalue weighted by Crippen LogP contribution is 2.30. The second-order valence-corrected chi connectivity index (χ2v) is 8.13. The third kappa shape index (κ3) is 5.00. The summed E-state index contributed by atoms with van der Waals surface area (Å²) in [6.45, 7) is 0. The fourth-order valence-electron chi connectivity index (χ4n) is 4.13. The maximum Gasteiger partial charge on any atom is 0.227 e. The summed E-state index contributed by atoms with van der Waals surface area (Å²) in [4.78, 5) is 29.9. The van der Waals surface area contributed by atoms with E-state index in [2.05, 4.69) is 15.6 Å². The van der Waals surface area contributed by atoms with E-state index in [1.807, 2.05) is 54.2 Å². The Morgan fingerprint density at radius 2 is 1.94 bits per heavy atom. The standard InChI is InChI=1S/C25H28N4O4/c1-29-11-10-26-24(29)23(18-13-19(32-2)15-20(14-18)33-3)28-22(30)9-8-17-12-16-6-4-5-7-21(16)27-25(17)31/h4-7,10-11,13-15,17,23H,8-9,12H2,1-3H3,(H,27,31)(H,28,30). The van der Waals surface area contributed by atoms with Crippen molar-refractivity contribution in [2.75, 3.05) is 19.5 Å². The van der Waals surface area contributed by atoms with Crippen molar-refractivity contribution in [2.24, 2.45) is 13.0 Å². The fourth-order valence-corrected chi connectivity index (χ4v) is 4.13. The van der Waals surface area contributed by atoms with Crippen LogP contribution >= 0.6 is 0 Å². The third-order valence-electron chi connectivity index (χ3n) is 5.96. The van der Waals surface area contributed by atoms with Crippen molar-refractivity contribution in [1.29, 1.82) is 0 Å². The van der Waals surface area contributed by atoms with Crippen molar-refractivity contribution in [1.82, 2.24) is 14.9 Å². The van der Waals surface area contributed by atoms with Crippen molar-refractivity contribution in [3.63, 3.8) is 0 Å². The van der Waals surface area contributed by atoms with E-state index in [1.165, 1.54) is 0 Å². The molecule has 8 nitrogen and oxygen atoms in total. The van der Waals surface area contributed by atoms with E-state index < -0.39 is 6.04 Å². The number of hydrogen-bond acceptors (Lipinski definition) is 5. The van der Waals surface area contributed by atoms with E-state index in [9.17, 15) is 9.59 Å². The number of nitrogens with one attached hydrogen (secondary N) is 2. The third-order valence-corrected chi connectivity index (χ3v) is 5.96. The fraction of sp³-hybridized carbons (Fsp3) is 0.320. The van der Waals surface area contributed by atoms with Crippen molar-refractivity contribution in [2.45, 2.75) is 25.3 Å². The Balaban J connectivity index is 1.50. The van der Waals surface area contributed by atoms with Gasteiger partial charge in [0.05, 0.1) is 14.2 Å². The SMILES string of the molecule is COc1cc(OC)cc(C(NC(=O)CCC2Cc3ccccc3NC2=O)c2nccn2C)c1. The second kappa shape index (κ2) is 9.77. The topological polar surface area (TPSA) is 94.5 Å². The minimum atomic E-state index is -0.498. The van der Waals surface area contributed by atoms with Crippen LogP contribution in [0.15, 0.2) is 54.9 Å². The van der Waals surface area contributed by atoms with Crippen LogP contribution < -0.4 is 20.1 Å². The predicted molar refractivity (Wildman–Crippen MR) is 124 cm³/mol. The number of methoxy groups -OCH3 is 2. The molecule has 0 radical (unpaired) electrons. The van der Waals surface area contributed by atoms with Gasteiger partial charge < -0.3 is 24.7 Å². The number of imidazole rings is 1. The largest absolute Gasteiger partial charge is 0.497 e. The van der Waals surface area contributed by atoms with Gasteiger partial charge in [-0.05, 0) is 42.2 Å². The molecule has 2 unspecified atom stereocenters. The number of para-hydroxylation sites is 1. The number of hydrogen-bond donors (Lipinski definition) is 2. The lowest BCUT2D eigenvalue weighted by Crippen LogP contribution is -2.34. The highest BCUT2D eigenvalue weighted by molar-refractivity contribution is 5.96. The van der Waals surface area contributed by atoms with Gasteiger partial charge in [0.15, 0.2) is 0 Å². The highest BCUT2D eigenvalue weighted by Gasteiger charge is 2.27. The van der Waals surface area contributed by atoms with Gasteiger partial charge in [0.25, 0.3) is 0 Å². The van der Waals surface area contributed by atoms with Crippen molar-refractivity contribution >= 4 is 17.5 Å². The molecule has 172 valence electrons. The molecule has 0 saturated heterocycles. The van der Waals surface area contributed by atoms with Crippen LogP contribution in [0.1, 0.15) is 35.8 Å². The van der Waals surface area contributed by atoms with Crippen LogP contribution in [0.3, 0.4) is 0 Å². The number of aromatic nitrogens is 2. The van der Waals surface area contributed by atoms with Crippen LogP contribution in [0.2, 0.25) is 0 Å². The lowest BCUT2D eigenvalue weighted by Gasteiger charge is -2.25. The van der Waals surface area contributed by atoms with E-state index in [0.717, 1.165) is 16.8 Å². The van der Waals surface area contributed by atoms with Crippen LogP contribution in [0.4, 0.5) is 5.69 Å². The molecule has 0 saturated carbocycles. The lowest BCUT2D eigenvalue weighted by molar-refractivity contribution is -0.123. The first-order chi connectivity index (χ1) is 16.0. The normalized spacial score (nSPS) is 15.8. The molecule has 1 aliphatic heterocycles. The lowest BCUT2D eigenvalue weighted by atomic mass is 9.89. The number of carbonyl (C=O) groups is 2. The van der Waals surface area contributed by atoms with Gasteiger partial charge in [0, 0.05) is 43.5 Å². The average molecular weight is 449 g/mol. The molecule has 0 bridgehead atoms. The maximum atomic E-state index is 13.0. The average Bonchev–Trinajstić information content (AvgIpc) is 3.26. The molecule has 2 aromatic carbocycles. The number of fused-ring (bicyclic) bond motifs is 1. The number of nitrogens with zero attached hydrogens (tertiary/aromatic N) is 2. The van der Waals surface area contributed by atoms with Gasteiger partial charge in [-0.15, -0.1) is 0 Å². The number of aryl methyl sites for hydroxylation is 1. The van der Waals surface area contributed by atoms with Crippen LogP contribution in [0, 0.1) is 5.92 Å². The van der Waals surface area contributed by atoms with Crippen molar-refractivity contribution in [3.05, 3.63) is 71.8 Å². The summed E-state index contributed by atoms with van der Waals surface area (Å²) < 4.78 is 12.7. The van der Waals surface area contributed by atoms with Gasteiger partial charge in [-0.2, -0.15) is 0 Å². The Bertz CT molecular complexity index is 1130. The van der Waals surface area contributed by atoms with Crippen molar-refractivity contribution < 1.29 is 19.1 Å². The molecule has 2 atom stereocenters. The molecular weight excluding hydrogens is 420 g/mol. The Morgan fingerprint density at radius 1 is 1.21 bits per heavy atom. The summed E-state index contributed by atoms with van der Waals surface area (Å²) in [5.41, 5.74) is 2.74. The number of anilines is 1. The minimum Gasteiger partial charge on any atom is -0.497 e. The molecule has 4 rings (SSSR count). The van der Waals surface area contributed by atoms with Gasteiger partial charge in [0.2, 0.25) is 11.8 Å². The van der Waals surface area contributed by atoms with E-state index in [-0.39, 0.29) is 24.2 Å². The zero-order chi connectivity index (χ0) is 23.4. The van der Waals surface area contributed by atoms with Gasteiger partial charge in [-0.1, -0.05) is 18.2 Å². The monoisotopic (exact) mass is 448 g/mol. The number of rotatable bonds is 8. The molecule has 3 aromatic rings. The highest BCUT2D eigenvalue weighted by atomic mass is 16.5. The second-order valence-electron chi connectivity index (χ2n) is 8.13. The molecule has 0 fully saturated rings. The Kier molecular flexibility index (Phi) is 6.63. The van der Waals surface area contributed by atoms with Gasteiger partial charge >= 0.3 is 0 Å². The molecule has 1 aromatic heterocycles. The van der Waals surface area contributed by atoms with Crippen LogP contribution in [-0.2, 0) is 23.1 Å². The van der Waals surface area contributed by atoms with Gasteiger partial charge in [-0.3, -0.25) is 9.59 Å². The Hall–Kier alpha value is -3.81. The summed E-state index contributed by atoms with van der Waals surface area (Å²) in [7, 11) is 5.04. The summed E-state index contributed by atoms with van der Waals surface area (Å²) >= 11 is 0. The first kappa shape index (κ1) is 22.4. The van der Waals surface area contributed by atoms with E-state index in [1.54, 1.807) is 26.5 Å². The Labute approximate surface area is 192 Å². The van der Waals surface area contributed by atoms with Gasteiger partial charge in [0.1, 0.15) is 23.4 Å². The molecule has 33 heavy (non-hydrogen) atoms. The van der Waals surface area contributed by atoms with Crippen LogP contribution in [0.5, 0.6) is 11.5 Å². The summed E-state index contributed by atoms with van der Waals surface area (Å²) in [5, 5.41) is 6.03. The molecule has 2 amide bonds. The number of benzene rings is 2. The number of ether oxygens (including phenoxy) is 2.